The number of phenols is 1. The topological polar surface area (TPSA) is 41.5 Å². The van der Waals surface area contributed by atoms with Gasteiger partial charge in [0.2, 0.25) is 0 Å². The fraction of sp³-hybridized carbons (Fsp3) is 0.750. The van der Waals surface area contributed by atoms with Crippen molar-refractivity contribution in [1.29, 1.82) is 0 Å². The Bertz CT molecular complexity index is 462. The first-order valence-electron chi connectivity index (χ1n) is 11.5. The lowest BCUT2D eigenvalue weighted by atomic mass is 10.0. The van der Waals surface area contributed by atoms with Crippen LogP contribution >= 0.6 is 0 Å². The zero-order chi connectivity index (χ0) is 19.6. The molecule has 3 heteroatoms. The average Bonchev–Trinajstić information content (AvgIpc) is 2.67. The van der Waals surface area contributed by atoms with Gasteiger partial charge in [0.1, 0.15) is 11.5 Å². The summed E-state index contributed by atoms with van der Waals surface area (Å²) >= 11 is 0. The lowest BCUT2D eigenvalue weighted by Gasteiger charge is -2.12. The molecular weight excluding hydrogens is 334 g/mol. The molecule has 0 aliphatic carbocycles. The summed E-state index contributed by atoms with van der Waals surface area (Å²) < 4.78 is 5.59. The van der Waals surface area contributed by atoms with Crippen LogP contribution in [0.2, 0.25) is 0 Å². The lowest BCUT2D eigenvalue weighted by Crippen LogP contribution is -2.04. The number of rotatable bonds is 18. The zero-order valence-electron chi connectivity index (χ0n) is 17.9. The fourth-order valence-corrected chi connectivity index (χ4v) is 3.48. The van der Waals surface area contributed by atoms with E-state index >= 15 is 0 Å². The highest BCUT2D eigenvalue weighted by molar-refractivity contribution is 5.59. The number of unbranched alkanes of at least 4 members (excludes halogenated alkanes) is 13. The van der Waals surface area contributed by atoms with Gasteiger partial charge in [-0.25, -0.2) is 0 Å². The highest BCUT2D eigenvalue weighted by Gasteiger charge is 2.04. The SMILES string of the molecule is CCCCCCCCCCCCCCCCNc1cc(O)ccc1OCC. The highest BCUT2D eigenvalue weighted by atomic mass is 16.5. The van der Waals surface area contributed by atoms with E-state index in [2.05, 4.69) is 12.2 Å². The minimum atomic E-state index is 0.280. The molecule has 2 N–H and O–H groups in total. The van der Waals surface area contributed by atoms with Gasteiger partial charge in [-0.3, -0.25) is 0 Å². The Labute approximate surface area is 167 Å². The van der Waals surface area contributed by atoms with E-state index in [9.17, 15) is 5.11 Å². The third-order valence-electron chi connectivity index (χ3n) is 5.11. The molecule has 0 unspecified atom stereocenters. The summed E-state index contributed by atoms with van der Waals surface area (Å²) in [6, 6.07) is 5.24. The molecule has 0 aliphatic heterocycles. The van der Waals surface area contributed by atoms with Crippen LogP contribution in [0.1, 0.15) is 104 Å². The fourth-order valence-electron chi connectivity index (χ4n) is 3.48. The molecule has 0 aliphatic rings. The minimum Gasteiger partial charge on any atom is -0.508 e. The maximum absolute atomic E-state index is 9.64. The van der Waals surface area contributed by atoms with Gasteiger partial charge in [-0.1, -0.05) is 90.4 Å². The second-order valence-corrected chi connectivity index (χ2v) is 7.64. The number of anilines is 1. The molecule has 0 spiro atoms. The summed E-state index contributed by atoms with van der Waals surface area (Å²) in [6.07, 6.45) is 19.3. The Kier molecular flexibility index (Phi) is 14.7. The van der Waals surface area contributed by atoms with Crippen molar-refractivity contribution in [3.63, 3.8) is 0 Å². The van der Waals surface area contributed by atoms with Crippen molar-refractivity contribution in [2.24, 2.45) is 0 Å². The predicted octanol–water partition coefficient (Wildman–Crippen LogP) is 7.68. The third kappa shape index (κ3) is 12.6. The maximum atomic E-state index is 9.64. The predicted molar refractivity (Wildman–Crippen MR) is 118 cm³/mol. The zero-order valence-corrected chi connectivity index (χ0v) is 17.9. The molecular formula is C24H43NO2. The van der Waals surface area contributed by atoms with Gasteiger partial charge in [-0.2, -0.15) is 0 Å². The molecule has 0 atom stereocenters. The van der Waals surface area contributed by atoms with Crippen molar-refractivity contribution < 1.29 is 9.84 Å². The lowest BCUT2D eigenvalue weighted by molar-refractivity contribution is 0.341. The largest absolute Gasteiger partial charge is 0.508 e. The molecule has 0 bridgehead atoms. The van der Waals surface area contributed by atoms with Gasteiger partial charge in [0.25, 0.3) is 0 Å². The number of hydrogen-bond acceptors (Lipinski definition) is 3. The molecule has 3 nitrogen and oxygen atoms in total. The molecule has 156 valence electrons. The van der Waals surface area contributed by atoms with Crippen molar-refractivity contribution in [2.75, 3.05) is 18.5 Å². The molecule has 0 fully saturated rings. The van der Waals surface area contributed by atoms with Gasteiger partial charge in [-0.15, -0.1) is 0 Å². The summed E-state index contributed by atoms with van der Waals surface area (Å²) in [5.74, 6) is 1.10. The van der Waals surface area contributed by atoms with Gasteiger partial charge >= 0.3 is 0 Å². The van der Waals surface area contributed by atoms with Crippen LogP contribution in [0.5, 0.6) is 11.5 Å². The summed E-state index contributed by atoms with van der Waals surface area (Å²) in [6.45, 7) is 5.83. The van der Waals surface area contributed by atoms with E-state index in [-0.39, 0.29) is 5.75 Å². The molecule has 0 amide bonds. The van der Waals surface area contributed by atoms with Crippen molar-refractivity contribution in [2.45, 2.75) is 104 Å². The Balaban J connectivity index is 1.91. The van der Waals surface area contributed by atoms with E-state index in [4.69, 9.17) is 4.74 Å². The van der Waals surface area contributed by atoms with Crippen LogP contribution in [-0.4, -0.2) is 18.3 Å². The molecule has 0 aromatic heterocycles. The molecule has 1 aromatic carbocycles. The van der Waals surface area contributed by atoms with Crippen LogP contribution in [-0.2, 0) is 0 Å². The standard InChI is InChI=1S/C24H43NO2/c1-3-5-6-7-8-9-10-11-12-13-14-15-16-17-20-25-23-21-22(26)18-19-24(23)27-4-2/h18-19,21,25-26H,3-17,20H2,1-2H3. The smallest absolute Gasteiger partial charge is 0.142 e. The van der Waals surface area contributed by atoms with Crippen LogP contribution in [0.25, 0.3) is 0 Å². The van der Waals surface area contributed by atoms with Crippen LogP contribution in [0.15, 0.2) is 18.2 Å². The van der Waals surface area contributed by atoms with Crippen LogP contribution in [0, 0.1) is 0 Å². The van der Waals surface area contributed by atoms with Gasteiger partial charge in [0.15, 0.2) is 0 Å². The first-order chi connectivity index (χ1) is 13.3. The number of nitrogens with one attached hydrogen (secondary N) is 1. The quantitative estimate of drug-likeness (QED) is 0.258. The molecule has 27 heavy (non-hydrogen) atoms. The molecule has 1 rings (SSSR count). The van der Waals surface area contributed by atoms with Crippen molar-refractivity contribution in [3.05, 3.63) is 18.2 Å². The Morgan fingerprint density at radius 2 is 1.26 bits per heavy atom. The highest BCUT2D eigenvalue weighted by Crippen LogP contribution is 2.28. The first-order valence-corrected chi connectivity index (χ1v) is 11.5. The first kappa shape index (κ1) is 23.7. The monoisotopic (exact) mass is 377 g/mol. The van der Waals surface area contributed by atoms with Gasteiger partial charge in [0, 0.05) is 12.6 Å². The summed E-state index contributed by atoms with van der Waals surface area (Å²) in [4.78, 5) is 0. The Morgan fingerprint density at radius 3 is 1.78 bits per heavy atom. The van der Waals surface area contributed by atoms with Gasteiger partial charge in [0.05, 0.1) is 12.3 Å². The summed E-state index contributed by atoms with van der Waals surface area (Å²) in [5.41, 5.74) is 0.895. The molecule has 1 aromatic rings. The second kappa shape index (κ2) is 16.8. The third-order valence-corrected chi connectivity index (χ3v) is 5.11. The summed E-state index contributed by atoms with van der Waals surface area (Å²) in [7, 11) is 0. The van der Waals surface area contributed by atoms with Gasteiger partial charge < -0.3 is 15.2 Å². The summed E-state index contributed by atoms with van der Waals surface area (Å²) in [5, 5.41) is 13.0. The van der Waals surface area contributed by atoms with E-state index < -0.39 is 0 Å². The molecule has 0 heterocycles. The van der Waals surface area contributed by atoms with E-state index in [1.165, 1.54) is 89.9 Å². The van der Waals surface area contributed by atoms with E-state index in [1.54, 1.807) is 12.1 Å². The maximum Gasteiger partial charge on any atom is 0.142 e. The van der Waals surface area contributed by atoms with Crippen molar-refractivity contribution in [1.82, 2.24) is 0 Å². The van der Waals surface area contributed by atoms with Crippen molar-refractivity contribution >= 4 is 5.69 Å². The van der Waals surface area contributed by atoms with Crippen LogP contribution < -0.4 is 10.1 Å². The average molecular weight is 378 g/mol. The van der Waals surface area contributed by atoms with Crippen LogP contribution in [0.4, 0.5) is 5.69 Å². The van der Waals surface area contributed by atoms with Crippen molar-refractivity contribution in [3.8, 4) is 11.5 Å². The number of benzene rings is 1. The molecule has 0 radical (unpaired) electrons. The normalized spacial score (nSPS) is 10.9. The number of hydrogen-bond donors (Lipinski definition) is 2. The Hall–Kier alpha value is -1.38. The minimum absolute atomic E-state index is 0.280. The molecule has 0 saturated heterocycles. The van der Waals surface area contributed by atoms with Crippen LogP contribution in [0.3, 0.4) is 0 Å². The molecule has 0 saturated carbocycles. The Morgan fingerprint density at radius 1 is 0.741 bits per heavy atom. The second-order valence-electron chi connectivity index (χ2n) is 7.64. The van der Waals surface area contributed by atoms with E-state index in [0.29, 0.717) is 6.61 Å². The number of ether oxygens (including phenoxy) is 1. The van der Waals surface area contributed by atoms with Gasteiger partial charge in [-0.05, 0) is 25.5 Å². The van der Waals surface area contributed by atoms with E-state index in [0.717, 1.165) is 18.0 Å². The number of aromatic hydroxyl groups is 1. The van der Waals surface area contributed by atoms with E-state index in [1.807, 2.05) is 13.0 Å². The number of phenolic OH excluding ortho intramolecular Hbond substituents is 1.